The molecule has 0 radical (unpaired) electrons. The number of aromatic amines is 1. The Bertz CT molecular complexity index is 814. The summed E-state index contributed by atoms with van der Waals surface area (Å²) >= 11 is 0. The fourth-order valence-corrected chi connectivity index (χ4v) is 2.15. The SMILES string of the molecule is CCc1[nH]c(=O)c(C#N)cc1C(=O)CC(=O)c1ccccc1. The van der Waals surface area contributed by atoms with Crippen LogP contribution in [0.2, 0.25) is 0 Å². The summed E-state index contributed by atoms with van der Waals surface area (Å²) < 4.78 is 0. The molecule has 2 rings (SSSR count). The number of Topliss-reactive ketones (excluding diaryl/α,β-unsaturated/α-hetero) is 2. The van der Waals surface area contributed by atoms with Gasteiger partial charge in [0.15, 0.2) is 11.6 Å². The van der Waals surface area contributed by atoms with Crippen molar-refractivity contribution in [3.8, 4) is 6.07 Å². The zero-order chi connectivity index (χ0) is 16.1. The first kappa shape index (κ1) is 15.4. The molecule has 1 aromatic carbocycles. The van der Waals surface area contributed by atoms with Crippen LogP contribution in [-0.4, -0.2) is 16.6 Å². The van der Waals surface area contributed by atoms with E-state index >= 15 is 0 Å². The Morgan fingerprint density at radius 1 is 1.18 bits per heavy atom. The van der Waals surface area contributed by atoms with E-state index in [9.17, 15) is 14.4 Å². The predicted octanol–water partition coefficient (Wildman–Crippen LogP) is 2.26. The highest BCUT2D eigenvalue weighted by atomic mass is 16.1. The van der Waals surface area contributed by atoms with Crippen molar-refractivity contribution in [1.29, 1.82) is 5.26 Å². The van der Waals surface area contributed by atoms with E-state index in [-0.39, 0.29) is 23.3 Å². The lowest BCUT2D eigenvalue weighted by Gasteiger charge is -2.07. The second-order valence-corrected chi connectivity index (χ2v) is 4.76. The van der Waals surface area contributed by atoms with Gasteiger partial charge in [-0.3, -0.25) is 14.4 Å². The molecule has 0 fully saturated rings. The van der Waals surface area contributed by atoms with Crippen molar-refractivity contribution in [3.05, 3.63) is 69.1 Å². The van der Waals surface area contributed by atoms with E-state index < -0.39 is 11.3 Å². The third-order valence-electron chi connectivity index (χ3n) is 3.31. The Hall–Kier alpha value is -3.00. The minimum absolute atomic E-state index is 0.132. The van der Waals surface area contributed by atoms with Crippen LogP contribution in [-0.2, 0) is 6.42 Å². The highest BCUT2D eigenvalue weighted by Gasteiger charge is 2.18. The number of nitrogens with one attached hydrogen (secondary N) is 1. The highest BCUT2D eigenvalue weighted by Crippen LogP contribution is 2.12. The van der Waals surface area contributed by atoms with Gasteiger partial charge in [0.1, 0.15) is 11.6 Å². The average Bonchev–Trinajstić information content (AvgIpc) is 2.55. The van der Waals surface area contributed by atoms with Crippen molar-refractivity contribution >= 4 is 11.6 Å². The van der Waals surface area contributed by atoms with Gasteiger partial charge >= 0.3 is 0 Å². The Labute approximate surface area is 127 Å². The molecule has 0 amide bonds. The number of benzene rings is 1. The van der Waals surface area contributed by atoms with Gasteiger partial charge in [0.2, 0.25) is 0 Å². The molecule has 110 valence electrons. The number of ketones is 2. The van der Waals surface area contributed by atoms with Crippen molar-refractivity contribution in [3.63, 3.8) is 0 Å². The van der Waals surface area contributed by atoms with E-state index in [1.807, 2.05) is 0 Å². The Kier molecular flexibility index (Phi) is 4.64. The molecular formula is C17H14N2O3. The van der Waals surface area contributed by atoms with Crippen molar-refractivity contribution in [1.82, 2.24) is 4.98 Å². The molecule has 0 saturated heterocycles. The fourth-order valence-electron chi connectivity index (χ4n) is 2.15. The van der Waals surface area contributed by atoms with Crippen LogP contribution >= 0.6 is 0 Å². The van der Waals surface area contributed by atoms with Crippen LogP contribution in [0.25, 0.3) is 0 Å². The van der Waals surface area contributed by atoms with Crippen molar-refractivity contribution in [2.45, 2.75) is 19.8 Å². The second kappa shape index (κ2) is 6.64. The molecule has 5 heteroatoms. The van der Waals surface area contributed by atoms with E-state index in [1.165, 1.54) is 6.07 Å². The molecule has 5 nitrogen and oxygen atoms in total. The van der Waals surface area contributed by atoms with Crippen LogP contribution in [0, 0.1) is 11.3 Å². The standard InChI is InChI=1S/C17H14N2O3/c1-2-14-13(8-12(10-18)17(22)19-14)16(21)9-15(20)11-6-4-3-5-7-11/h3-8H,2,9H2,1H3,(H,19,22). The number of nitrogens with zero attached hydrogens (tertiary/aromatic N) is 1. The average molecular weight is 294 g/mol. The van der Waals surface area contributed by atoms with E-state index in [2.05, 4.69) is 4.98 Å². The highest BCUT2D eigenvalue weighted by molar-refractivity contribution is 6.13. The summed E-state index contributed by atoms with van der Waals surface area (Å²) in [5.74, 6) is -0.698. The van der Waals surface area contributed by atoms with E-state index in [4.69, 9.17) is 5.26 Å². The third-order valence-corrected chi connectivity index (χ3v) is 3.31. The van der Waals surface area contributed by atoms with Crippen LogP contribution in [0.1, 0.15) is 45.3 Å². The van der Waals surface area contributed by atoms with Gasteiger partial charge in [0, 0.05) is 16.8 Å². The molecule has 1 N–H and O–H groups in total. The van der Waals surface area contributed by atoms with Crippen LogP contribution in [0.3, 0.4) is 0 Å². The summed E-state index contributed by atoms with van der Waals surface area (Å²) in [6.45, 7) is 1.78. The monoisotopic (exact) mass is 294 g/mol. The number of carbonyl (C=O) groups excluding carboxylic acids is 2. The van der Waals surface area contributed by atoms with Gasteiger partial charge in [-0.2, -0.15) is 5.26 Å². The molecule has 0 aliphatic rings. The number of H-pyrrole nitrogens is 1. The maximum atomic E-state index is 12.3. The molecular weight excluding hydrogens is 280 g/mol. The summed E-state index contributed by atoms with van der Waals surface area (Å²) in [5, 5.41) is 8.90. The van der Waals surface area contributed by atoms with Crippen molar-refractivity contribution in [2.75, 3.05) is 0 Å². The van der Waals surface area contributed by atoms with E-state index in [0.717, 1.165) is 0 Å². The lowest BCUT2D eigenvalue weighted by atomic mass is 9.98. The smallest absolute Gasteiger partial charge is 0.266 e. The first-order valence-electron chi connectivity index (χ1n) is 6.84. The van der Waals surface area contributed by atoms with E-state index in [0.29, 0.717) is 17.7 Å². The molecule has 22 heavy (non-hydrogen) atoms. The van der Waals surface area contributed by atoms with Crippen LogP contribution < -0.4 is 5.56 Å². The molecule has 0 saturated carbocycles. The summed E-state index contributed by atoms with van der Waals surface area (Å²) in [4.78, 5) is 38.5. The Morgan fingerprint density at radius 3 is 2.45 bits per heavy atom. The van der Waals surface area contributed by atoms with Gasteiger partial charge in [0.25, 0.3) is 5.56 Å². The van der Waals surface area contributed by atoms with Gasteiger partial charge in [-0.1, -0.05) is 37.3 Å². The number of aromatic nitrogens is 1. The predicted molar refractivity (Wildman–Crippen MR) is 80.9 cm³/mol. The fraction of sp³-hybridized carbons (Fsp3) is 0.176. The molecule has 1 heterocycles. The van der Waals surface area contributed by atoms with Gasteiger partial charge in [-0.05, 0) is 12.5 Å². The minimum Gasteiger partial charge on any atom is -0.324 e. The summed E-state index contributed by atoms with van der Waals surface area (Å²) in [7, 11) is 0. The topological polar surface area (TPSA) is 90.8 Å². The molecule has 0 unspecified atom stereocenters. The normalized spacial score (nSPS) is 10.0. The summed E-state index contributed by atoms with van der Waals surface area (Å²) in [5.41, 5.74) is 0.467. The van der Waals surface area contributed by atoms with Crippen molar-refractivity contribution in [2.24, 2.45) is 0 Å². The summed E-state index contributed by atoms with van der Waals surface area (Å²) in [6.07, 6.45) is 0.134. The first-order chi connectivity index (χ1) is 10.6. The quantitative estimate of drug-likeness (QED) is 0.676. The lowest BCUT2D eigenvalue weighted by molar-refractivity contribution is 0.0893. The van der Waals surface area contributed by atoms with Gasteiger partial charge < -0.3 is 4.98 Å². The third kappa shape index (κ3) is 3.18. The Morgan fingerprint density at radius 2 is 1.86 bits per heavy atom. The summed E-state index contributed by atoms with van der Waals surface area (Å²) in [6, 6.07) is 11.5. The van der Waals surface area contributed by atoms with Gasteiger partial charge in [-0.15, -0.1) is 0 Å². The maximum Gasteiger partial charge on any atom is 0.266 e. The number of pyridine rings is 1. The molecule has 2 aromatic rings. The van der Waals surface area contributed by atoms with Crippen LogP contribution in [0.15, 0.2) is 41.2 Å². The number of rotatable bonds is 5. The number of hydrogen-bond donors (Lipinski definition) is 1. The van der Waals surface area contributed by atoms with Crippen LogP contribution in [0.5, 0.6) is 0 Å². The molecule has 0 atom stereocenters. The minimum atomic E-state index is -0.523. The lowest BCUT2D eigenvalue weighted by Crippen LogP contribution is -2.18. The largest absolute Gasteiger partial charge is 0.324 e. The molecule has 0 aliphatic carbocycles. The Balaban J connectivity index is 2.32. The molecule has 1 aromatic heterocycles. The zero-order valence-corrected chi connectivity index (χ0v) is 12.1. The maximum absolute atomic E-state index is 12.3. The second-order valence-electron chi connectivity index (χ2n) is 4.76. The number of carbonyl (C=O) groups is 2. The van der Waals surface area contributed by atoms with Crippen molar-refractivity contribution < 1.29 is 9.59 Å². The number of hydrogen-bond acceptors (Lipinski definition) is 4. The van der Waals surface area contributed by atoms with Crippen LogP contribution in [0.4, 0.5) is 0 Å². The number of aryl methyl sites for hydroxylation is 1. The molecule has 0 spiro atoms. The van der Waals surface area contributed by atoms with E-state index in [1.54, 1.807) is 43.3 Å². The first-order valence-corrected chi connectivity index (χ1v) is 6.84. The molecule has 0 aliphatic heterocycles. The van der Waals surface area contributed by atoms with Gasteiger partial charge in [0.05, 0.1) is 6.42 Å². The molecule has 0 bridgehead atoms. The zero-order valence-electron chi connectivity index (χ0n) is 12.1. The van der Waals surface area contributed by atoms with Gasteiger partial charge in [-0.25, -0.2) is 0 Å². The number of nitriles is 1.